The molecule has 1 aromatic carbocycles. The van der Waals surface area contributed by atoms with Crippen LogP contribution in [-0.4, -0.2) is 72.2 Å². The van der Waals surface area contributed by atoms with Gasteiger partial charge in [-0.25, -0.2) is 0 Å². The fraction of sp³-hybridized carbons (Fsp3) is 0.696. The molecule has 0 spiro atoms. The van der Waals surface area contributed by atoms with E-state index in [-0.39, 0.29) is 24.0 Å². The molecule has 31 heavy (non-hydrogen) atoms. The molecular formula is C23H39IN4O3. The second-order valence-electron chi connectivity index (χ2n) is 8.08. The van der Waals surface area contributed by atoms with Crippen molar-refractivity contribution >= 4 is 35.6 Å². The molecule has 7 nitrogen and oxygen atoms in total. The van der Waals surface area contributed by atoms with Gasteiger partial charge in [0, 0.05) is 51.9 Å². The fourth-order valence-electron chi connectivity index (χ4n) is 4.00. The first-order chi connectivity index (χ1) is 14.8. The SMILES string of the molecule is CCNC(=NCC1CCN(c2ccccc2OC)C1)NCCCOCC1CCOC1.I. The number of guanidine groups is 1. The number of methoxy groups -OCH3 is 1. The second-order valence-corrected chi connectivity index (χ2v) is 8.08. The molecule has 2 heterocycles. The molecule has 176 valence electrons. The average Bonchev–Trinajstić information content (AvgIpc) is 3.46. The summed E-state index contributed by atoms with van der Waals surface area (Å²) in [6.07, 6.45) is 3.26. The van der Waals surface area contributed by atoms with Crippen LogP contribution >= 0.6 is 24.0 Å². The van der Waals surface area contributed by atoms with Gasteiger partial charge in [-0.15, -0.1) is 24.0 Å². The van der Waals surface area contributed by atoms with E-state index in [0.29, 0.717) is 11.8 Å². The highest BCUT2D eigenvalue weighted by Gasteiger charge is 2.24. The van der Waals surface area contributed by atoms with Crippen molar-refractivity contribution in [3.8, 4) is 5.75 Å². The van der Waals surface area contributed by atoms with Gasteiger partial charge in [-0.05, 0) is 44.2 Å². The molecule has 1 aromatic rings. The molecule has 2 saturated heterocycles. The lowest BCUT2D eigenvalue weighted by Crippen LogP contribution is -2.38. The molecule has 0 radical (unpaired) electrons. The number of benzene rings is 1. The third kappa shape index (κ3) is 8.65. The van der Waals surface area contributed by atoms with Crippen LogP contribution in [0.15, 0.2) is 29.3 Å². The molecular weight excluding hydrogens is 507 g/mol. The molecule has 0 bridgehead atoms. The number of hydrogen-bond donors (Lipinski definition) is 2. The highest BCUT2D eigenvalue weighted by molar-refractivity contribution is 14.0. The van der Waals surface area contributed by atoms with Crippen LogP contribution in [0.4, 0.5) is 5.69 Å². The van der Waals surface area contributed by atoms with Crippen LogP contribution < -0.4 is 20.3 Å². The third-order valence-corrected chi connectivity index (χ3v) is 5.70. The molecule has 2 atom stereocenters. The van der Waals surface area contributed by atoms with Crippen molar-refractivity contribution in [2.24, 2.45) is 16.8 Å². The molecule has 0 aliphatic carbocycles. The summed E-state index contributed by atoms with van der Waals surface area (Å²) in [5, 5.41) is 6.79. The van der Waals surface area contributed by atoms with E-state index < -0.39 is 0 Å². The first-order valence-corrected chi connectivity index (χ1v) is 11.4. The Bertz CT molecular complexity index is 655. The normalized spacial score (nSPS) is 21.1. The summed E-state index contributed by atoms with van der Waals surface area (Å²) in [5.41, 5.74) is 1.18. The Morgan fingerprint density at radius 2 is 2.10 bits per heavy atom. The Balaban J connectivity index is 0.00000341. The van der Waals surface area contributed by atoms with Gasteiger partial charge in [0.05, 0.1) is 26.0 Å². The van der Waals surface area contributed by atoms with Crippen LogP contribution in [0.3, 0.4) is 0 Å². The quantitative estimate of drug-likeness (QED) is 0.193. The third-order valence-electron chi connectivity index (χ3n) is 5.70. The summed E-state index contributed by atoms with van der Waals surface area (Å²) in [6.45, 7) is 10.1. The minimum absolute atomic E-state index is 0. The van der Waals surface area contributed by atoms with Gasteiger partial charge in [-0.2, -0.15) is 0 Å². The minimum atomic E-state index is 0. The lowest BCUT2D eigenvalue weighted by molar-refractivity contribution is 0.0888. The van der Waals surface area contributed by atoms with Crippen molar-refractivity contribution in [1.29, 1.82) is 0 Å². The molecule has 3 rings (SSSR count). The van der Waals surface area contributed by atoms with Crippen LogP contribution in [0.1, 0.15) is 26.2 Å². The zero-order chi connectivity index (χ0) is 21.0. The Morgan fingerprint density at radius 1 is 1.23 bits per heavy atom. The molecule has 0 saturated carbocycles. The summed E-state index contributed by atoms with van der Waals surface area (Å²) in [7, 11) is 1.74. The van der Waals surface area contributed by atoms with Crippen LogP contribution in [0.25, 0.3) is 0 Å². The number of aliphatic imine (C=N–C) groups is 1. The van der Waals surface area contributed by atoms with E-state index >= 15 is 0 Å². The van der Waals surface area contributed by atoms with Gasteiger partial charge in [0.25, 0.3) is 0 Å². The second kappa shape index (κ2) is 14.7. The molecule has 2 fully saturated rings. The van der Waals surface area contributed by atoms with Crippen LogP contribution in [-0.2, 0) is 9.47 Å². The molecule has 2 aliphatic heterocycles. The monoisotopic (exact) mass is 546 g/mol. The lowest BCUT2D eigenvalue weighted by atomic mass is 10.1. The smallest absolute Gasteiger partial charge is 0.191 e. The summed E-state index contributed by atoms with van der Waals surface area (Å²) < 4.78 is 16.7. The molecule has 8 heteroatoms. The Morgan fingerprint density at radius 3 is 2.87 bits per heavy atom. The van der Waals surface area contributed by atoms with Crippen LogP contribution in [0.2, 0.25) is 0 Å². The van der Waals surface area contributed by atoms with Gasteiger partial charge in [-0.3, -0.25) is 4.99 Å². The number of ether oxygens (including phenoxy) is 3. The first kappa shape index (κ1) is 26.0. The van der Waals surface area contributed by atoms with E-state index in [1.807, 2.05) is 12.1 Å². The van der Waals surface area contributed by atoms with Crippen molar-refractivity contribution in [3.05, 3.63) is 24.3 Å². The van der Waals surface area contributed by atoms with Gasteiger partial charge < -0.3 is 29.7 Å². The van der Waals surface area contributed by atoms with Crippen molar-refractivity contribution < 1.29 is 14.2 Å². The molecule has 0 amide bonds. The molecule has 2 aliphatic rings. The average molecular weight is 546 g/mol. The largest absolute Gasteiger partial charge is 0.495 e. The van der Waals surface area contributed by atoms with E-state index in [2.05, 4.69) is 34.6 Å². The highest BCUT2D eigenvalue weighted by Crippen LogP contribution is 2.31. The topological polar surface area (TPSA) is 67.4 Å². The Kier molecular flexibility index (Phi) is 12.4. The van der Waals surface area contributed by atoms with Crippen LogP contribution in [0, 0.1) is 11.8 Å². The Labute approximate surface area is 204 Å². The zero-order valence-electron chi connectivity index (χ0n) is 19.0. The number of nitrogens with one attached hydrogen (secondary N) is 2. The fourth-order valence-corrected chi connectivity index (χ4v) is 4.00. The number of para-hydroxylation sites is 2. The van der Waals surface area contributed by atoms with Crippen molar-refractivity contribution in [3.63, 3.8) is 0 Å². The van der Waals surface area contributed by atoms with Crippen LogP contribution in [0.5, 0.6) is 5.75 Å². The van der Waals surface area contributed by atoms with E-state index in [1.54, 1.807) is 7.11 Å². The van der Waals surface area contributed by atoms with Crippen molar-refractivity contribution in [2.75, 3.05) is 71.2 Å². The summed E-state index contributed by atoms with van der Waals surface area (Å²) in [6, 6.07) is 8.25. The predicted octanol–water partition coefficient (Wildman–Crippen LogP) is 3.14. The predicted molar refractivity (Wildman–Crippen MR) is 137 cm³/mol. The molecule has 2 N–H and O–H groups in total. The number of nitrogens with zero attached hydrogens (tertiary/aromatic N) is 2. The van der Waals surface area contributed by atoms with E-state index in [4.69, 9.17) is 19.2 Å². The summed E-state index contributed by atoms with van der Waals surface area (Å²) >= 11 is 0. The lowest BCUT2D eigenvalue weighted by Gasteiger charge is -2.21. The van der Waals surface area contributed by atoms with Gasteiger partial charge in [-0.1, -0.05) is 12.1 Å². The number of rotatable bonds is 11. The van der Waals surface area contributed by atoms with Gasteiger partial charge in [0.15, 0.2) is 5.96 Å². The van der Waals surface area contributed by atoms with Gasteiger partial charge in [0.1, 0.15) is 5.75 Å². The van der Waals surface area contributed by atoms with Gasteiger partial charge >= 0.3 is 0 Å². The molecule has 2 unspecified atom stereocenters. The summed E-state index contributed by atoms with van der Waals surface area (Å²) in [5.74, 6) is 2.98. The summed E-state index contributed by atoms with van der Waals surface area (Å²) in [4.78, 5) is 7.23. The minimum Gasteiger partial charge on any atom is -0.495 e. The maximum atomic E-state index is 5.78. The Hall–Kier alpha value is -1.26. The zero-order valence-corrected chi connectivity index (χ0v) is 21.3. The van der Waals surface area contributed by atoms with E-state index in [1.165, 1.54) is 5.69 Å². The standard InChI is InChI=1S/C23H38N4O3.HI/c1-3-24-23(25-11-6-13-29-17-20-10-14-30-18-20)26-15-19-9-12-27(16-19)21-7-4-5-8-22(21)28-2;/h4-5,7-8,19-20H,3,6,9-18H2,1-2H3,(H2,24,25,26);1H. The first-order valence-electron chi connectivity index (χ1n) is 11.4. The maximum Gasteiger partial charge on any atom is 0.191 e. The van der Waals surface area contributed by atoms with E-state index in [0.717, 1.165) is 90.1 Å². The van der Waals surface area contributed by atoms with Crippen molar-refractivity contribution in [1.82, 2.24) is 10.6 Å². The van der Waals surface area contributed by atoms with Gasteiger partial charge in [0.2, 0.25) is 0 Å². The number of anilines is 1. The number of halogens is 1. The van der Waals surface area contributed by atoms with E-state index in [9.17, 15) is 0 Å². The maximum absolute atomic E-state index is 5.78. The highest BCUT2D eigenvalue weighted by atomic mass is 127. The van der Waals surface area contributed by atoms with Crippen molar-refractivity contribution in [2.45, 2.75) is 26.2 Å². The number of hydrogen-bond acceptors (Lipinski definition) is 5. The molecule has 0 aromatic heterocycles.